The summed E-state index contributed by atoms with van der Waals surface area (Å²) in [7, 11) is -0.208. The molecule has 0 aromatic carbocycles. The molecule has 166 valence electrons. The van der Waals surface area contributed by atoms with E-state index in [2.05, 4.69) is 20.2 Å². The van der Waals surface area contributed by atoms with Crippen molar-refractivity contribution in [1.29, 1.82) is 0 Å². The molecule has 1 aliphatic rings. The number of piperazine rings is 1. The maximum atomic E-state index is 12.2. The molecule has 13 heteroatoms. The van der Waals surface area contributed by atoms with Crippen LogP contribution in [0, 0.1) is 0 Å². The second kappa shape index (κ2) is 8.70. The monoisotopic (exact) mass is 441 g/mol. The number of amides is 1. The van der Waals surface area contributed by atoms with Gasteiger partial charge in [-0.05, 0) is 0 Å². The Balaban J connectivity index is 1.47. The van der Waals surface area contributed by atoms with Gasteiger partial charge in [-0.2, -0.15) is 4.31 Å². The van der Waals surface area contributed by atoms with Crippen LogP contribution in [-0.2, 0) is 35.3 Å². The van der Waals surface area contributed by atoms with Gasteiger partial charge in [0.15, 0.2) is 5.65 Å². The molecule has 0 radical (unpaired) electrons. The summed E-state index contributed by atoms with van der Waals surface area (Å²) in [4.78, 5) is 45.6. The molecular formula is C17H27N7O5S. The molecule has 1 amide bonds. The standard InChI is InChI=1S/C17H27N7O5S/c1-21-15-14(16(26)22(2)17(21)27)19-12(20-15)4-5-13(25)18-6-7-23-8-10-24(11-9-23)30(3,28)29/h4-11H2,1-3H3,(H,18,25)(H,19,20). The maximum absolute atomic E-state index is 12.2. The van der Waals surface area contributed by atoms with Gasteiger partial charge < -0.3 is 10.3 Å². The van der Waals surface area contributed by atoms with E-state index in [1.165, 1.54) is 29.2 Å². The van der Waals surface area contributed by atoms with Gasteiger partial charge in [-0.1, -0.05) is 0 Å². The maximum Gasteiger partial charge on any atom is 0.332 e. The van der Waals surface area contributed by atoms with Crippen molar-refractivity contribution in [1.82, 2.24) is 33.6 Å². The van der Waals surface area contributed by atoms with Crippen LogP contribution in [-0.4, -0.2) is 88.2 Å². The Bertz CT molecular complexity index is 1160. The molecule has 0 atom stereocenters. The number of nitrogens with zero attached hydrogens (tertiary/aromatic N) is 5. The minimum Gasteiger partial charge on any atom is -0.355 e. The number of fused-ring (bicyclic) bond motifs is 1. The fourth-order valence-electron chi connectivity index (χ4n) is 3.45. The quantitative estimate of drug-likeness (QED) is 0.487. The first-order valence-corrected chi connectivity index (χ1v) is 11.5. The molecule has 0 unspecified atom stereocenters. The van der Waals surface area contributed by atoms with Crippen LogP contribution in [0.4, 0.5) is 0 Å². The fraction of sp³-hybridized carbons (Fsp3) is 0.647. The summed E-state index contributed by atoms with van der Waals surface area (Å²) in [6, 6.07) is 0. The van der Waals surface area contributed by atoms with Gasteiger partial charge in [-0.15, -0.1) is 0 Å². The van der Waals surface area contributed by atoms with Gasteiger partial charge in [0.1, 0.15) is 11.3 Å². The van der Waals surface area contributed by atoms with Gasteiger partial charge in [-0.3, -0.25) is 23.6 Å². The fourth-order valence-corrected chi connectivity index (χ4v) is 4.28. The zero-order chi connectivity index (χ0) is 22.1. The lowest BCUT2D eigenvalue weighted by molar-refractivity contribution is -0.121. The number of imidazole rings is 1. The number of rotatable bonds is 7. The topological polar surface area (TPSA) is 142 Å². The van der Waals surface area contributed by atoms with Gasteiger partial charge >= 0.3 is 5.69 Å². The van der Waals surface area contributed by atoms with Crippen LogP contribution >= 0.6 is 0 Å². The molecule has 0 bridgehead atoms. The first kappa shape index (κ1) is 22.2. The number of nitrogens with one attached hydrogen (secondary N) is 2. The van der Waals surface area contributed by atoms with Crippen molar-refractivity contribution in [2.24, 2.45) is 14.1 Å². The summed E-state index contributed by atoms with van der Waals surface area (Å²) in [6.45, 7) is 3.30. The Labute approximate surface area is 173 Å². The third-order valence-corrected chi connectivity index (χ3v) is 6.59. The first-order valence-electron chi connectivity index (χ1n) is 9.66. The van der Waals surface area contributed by atoms with E-state index in [0.717, 1.165) is 4.57 Å². The third-order valence-electron chi connectivity index (χ3n) is 5.28. The van der Waals surface area contributed by atoms with Crippen molar-refractivity contribution in [3.63, 3.8) is 0 Å². The molecule has 3 rings (SSSR count). The van der Waals surface area contributed by atoms with Gasteiger partial charge in [0.2, 0.25) is 15.9 Å². The third kappa shape index (κ3) is 4.79. The van der Waals surface area contributed by atoms with Crippen LogP contribution in [0.5, 0.6) is 0 Å². The van der Waals surface area contributed by atoms with Crippen LogP contribution in [0.2, 0.25) is 0 Å². The van der Waals surface area contributed by atoms with E-state index in [1.54, 1.807) is 0 Å². The Hall–Kier alpha value is -2.51. The van der Waals surface area contributed by atoms with Crippen molar-refractivity contribution < 1.29 is 13.2 Å². The van der Waals surface area contributed by atoms with E-state index in [1.807, 2.05) is 0 Å². The molecule has 1 aliphatic heterocycles. The number of hydrogen-bond acceptors (Lipinski definition) is 7. The summed E-state index contributed by atoms with van der Waals surface area (Å²) in [5.41, 5.74) is -0.400. The average molecular weight is 442 g/mol. The first-order chi connectivity index (χ1) is 14.1. The van der Waals surface area contributed by atoms with Crippen molar-refractivity contribution in [2.45, 2.75) is 12.8 Å². The molecule has 3 heterocycles. The van der Waals surface area contributed by atoms with E-state index in [0.29, 0.717) is 51.5 Å². The highest BCUT2D eigenvalue weighted by Crippen LogP contribution is 2.07. The van der Waals surface area contributed by atoms with E-state index in [-0.39, 0.29) is 23.5 Å². The minimum absolute atomic E-state index is 0.146. The van der Waals surface area contributed by atoms with E-state index >= 15 is 0 Å². The van der Waals surface area contributed by atoms with E-state index < -0.39 is 21.3 Å². The molecular weight excluding hydrogens is 414 g/mol. The molecule has 2 aromatic rings. The molecule has 12 nitrogen and oxygen atoms in total. The summed E-state index contributed by atoms with van der Waals surface area (Å²) < 4.78 is 26.8. The highest BCUT2D eigenvalue weighted by atomic mass is 32.2. The van der Waals surface area contributed by atoms with Gasteiger partial charge in [0.25, 0.3) is 5.56 Å². The SMILES string of the molecule is Cn1c(=O)c2[nH]c(CCC(=O)NCCN3CCN(S(C)(=O)=O)CC3)nc2n(C)c1=O. The largest absolute Gasteiger partial charge is 0.355 e. The summed E-state index contributed by atoms with van der Waals surface area (Å²) in [5, 5.41) is 2.84. The molecule has 2 aromatic heterocycles. The minimum atomic E-state index is -3.15. The lowest BCUT2D eigenvalue weighted by atomic mass is 10.3. The summed E-state index contributed by atoms with van der Waals surface area (Å²) in [5.74, 6) is 0.322. The summed E-state index contributed by atoms with van der Waals surface area (Å²) >= 11 is 0. The van der Waals surface area contributed by atoms with Crippen molar-refractivity contribution in [3.8, 4) is 0 Å². The zero-order valence-electron chi connectivity index (χ0n) is 17.3. The van der Waals surface area contributed by atoms with Crippen molar-refractivity contribution in [2.75, 3.05) is 45.5 Å². The van der Waals surface area contributed by atoms with Gasteiger partial charge in [0, 0.05) is 66.2 Å². The number of aromatic nitrogens is 4. The number of aryl methyl sites for hydroxylation is 2. The van der Waals surface area contributed by atoms with Gasteiger partial charge in [0.05, 0.1) is 6.26 Å². The second-order valence-electron chi connectivity index (χ2n) is 7.44. The van der Waals surface area contributed by atoms with Gasteiger partial charge in [-0.25, -0.2) is 18.2 Å². The number of aromatic amines is 1. The molecule has 2 N–H and O–H groups in total. The predicted molar refractivity (Wildman–Crippen MR) is 111 cm³/mol. The Morgan fingerprint density at radius 1 is 1.13 bits per heavy atom. The summed E-state index contributed by atoms with van der Waals surface area (Å²) in [6.07, 6.45) is 1.71. The number of carbonyl (C=O) groups is 1. The van der Waals surface area contributed by atoms with Crippen LogP contribution in [0.1, 0.15) is 12.2 Å². The molecule has 0 aliphatic carbocycles. The van der Waals surface area contributed by atoms with Crippen molar-refractivity contribution in [3.05, 3.63) is 26.7 Å². The van der Waals surface area contributed by atoms with E-state index in [4.69, 9.17) is 0 Å². The normalized spacial score (nSPS) is 16.2. The Morgan fingerprint density at radius 3 is 2.43 bits per heavy atom. The highest BCUT2D eigenvalue weighted by molar-refractivity contribution is 7.88. The lowest BCUT2D eigenvalue weighted by Crippen LogP contribution is -2.49. The second-order valence-corrected chi connectivity index (χ2v) is 9.42. The smallest absolute Gasteiger partial charge is 0.332 e. The van der Waals surface area contributed by atoms with Crippen LogP contribution in [0.15, 0.2) is 9.59 Å². The van der Waals surface area contributed by atoms with Crippen molar-refractivity contribution >= 4 is 27.1 Å². The predicted octanol–water partition coefficient (Wildman–Crippen LogP) is -2.41. The van der Waals surface area contributed by atoms with E-state index in [9.17, 15) is 22.8 Å². The molecule has 1 fully saturated rings. The molecule has 1 saturated heterocycles. The zero-order valence-corrected chi connectivity index (χ0v) is 18.2. The van der Waals surface area contributed by atoms with Crippen LogP contribution in [0.25, 0.3) is 11.2 Å². The molecule has 0 spiro atoms. The molecule has 30 heavy (non-hydrogen) atoms. The number of H-pyrrole nitrogens is 1. The molecule has 0 saturated carbocycles. The Kier molecular flexibility index (Phi) is 6.43. The number of sulfonamides is 1. The van der Waals surface area contributed by atoms with Crippen LogP contribution in [0.3, 0.4) is 0 Å². The lowest BCUT2D eigenvalue weighted by Gasteiger charge is -2.33. The highest BCUT2D eigenvalue weighted by Gasteiger charge is 2.23. The number of carbonyl (C=O) groups excluding carboxylic acids is 1. The Morgan fingerprint density at radius 2 is 1.80 bits per heavy atom. The van der Waals surface area contributed by atoms with Crippen LogP contribution < -0.4 is 16.6 Å². The number of hydrogen-bond donors (Lipinski definition) is 2. The average Bonchev–Trinajstić information content (AvgIpc) is 3.13.